The first kappa shape index (κ1) is 13.0. The molecule has 104 valence electrons. The molecule has 2 aliphatic rings. The fourth-order valence-corrected chi connectivity index (χ4v) is 2.94. The highest BCUT2D eigenvalue weighted by Gasteiger charge is 2.34. The lowest BCUT2D eigenvalue weighted by atomic mass is 10.00. The summed E-state index contributed by atoms with van der Waals surface area (Å²) in [5.74, 6) is 3.62. The van der Waals surface area contributed by atoms with Gasteiger partial charge in [-0.25, -0.2) is 0 Å². The predicted molar refractivity (Wildman–Crippen MR) is 78.3 cm³/mol. The molecular weight excluding hydrogens is 234 g/mol. The molecule has 2 saturated carbocycles. The summed E-state index contributed by atoms with van der Waals surface area (Å²) in [5, 5.41) is 3.82. The predicted octanol–water partition coefficient (Wildman–Crippen LogP) is 3.78. The Kier molecular flexibility index (Phi) is 3.79. The van der Waals surface area contributed by atoms with Crippen LogP contribution in [0.25, 0.3) is 0 Å². The van der Waals surface area contributed by atoms with E-state index in [1.165, 1.54) is 31.2 Å². The number of methoxy groups -OCH3 is 1. The summed E-state index contributed by atoms with van der Waals surface area (Å²) in [4.78, 5) is 0. The summed E-state index contributed by atoms with van der Waals surface area (Å²) in [7, 11) is 1.73. The molecule has 0 bridgehead atoms. The average Bonchev–Trinajstić information content (AvgIpc) is 3.30. The van der Waals surface area contributed by atoms with Gasteiger partial charge >= 0.3 is 0 Å². The Morgan fingerprint density at radius 3 is 2.26 bits per heavy atom. The van der Waals surface area contributed by atoms with Gasteiger partial charge in [0.05, 0.1) is 7.11 Å². The Morgan fingerprint density at radius 1 is 1.11 bits per heavy atom. The van der Waals surface area contributed by atoms with Crippen LogP contribution in [0.1, 0.15) is 44.2 Å². The minimum Gasteiger partial charge on any atom is -0.497 e. The molecular formula is C17H25NO. The lowest BCUT2D eigenvalue weighted by molar-refractivity contribution is 0.396. The number of hydrogen-bond donors (Lipinski definition) is 1. The highest BCUT2D eigenvalue weighted by molar-refractivity contribution is 5.30. The number of hydrogen-bond acceptors (Lipinski definition) is 2. The number of rotatable bonds is 7. The van der Waals surface area contributed by atoms with Gasteiger partial charge in [0.1, 0.15) is 5.75 Å². The summed E-state index contributed by atoms with van der Waals surface area (Å²) in [6, 6.07) is 9.15. The van der Waals surface area contributed by atoms with Crippen LogP contribution in [0.5, 0.6) is 5.75 Å². The number of nitrogens with one attached hydrogen (secondary N) is 1. The third-order valence-electron chi connectivity index (χ3n) is 4.65. The van der Waals surface area contributed by atoms with E-state index in [4.69, 9.17) is 4.74 Å². The van der Waals surface area contributed by atoms with E-state index in [1.807, 2.05) is 0 Å². The van der Waals surface area contributed by atoms with E-state index in [1.54, 1.807) is 7.11 Å². The Morgan fingerprint density at radius 2 is 1.74 bits per heavy atom. The molecule has 2 atom stereocenters. The first-order chi connectivity index (χ1) is 9.28. The molecule has 0 amide bonds. The Labute approximate surface area is 116 Å². The smallest absolute Gasteiger partial charge is 0.118 e. The minimum atomic E-state index is 0.548. The maximum absolute atomic E-state index is 5.24. The zero-order valence-corrected chi connectivity index (χ0v) is 12.1. The third kappa shape index (κ3) is 3.30. The maximum Gasteiger partial charge on any atom is 0.118 e. The van der Waals surface area contributed by atoms with Gasteiger partial charge in [-0.2, -0.15) is 0 Å². The molecule has 0 saturated heterocycles. The zero-order chi connectivity index (χ0) is 13.2. The van der Waals surface area contributed by atoms with Crippen LogP contribution in [-0.4, -0.2) is 13.7 Å². The van der Waals surface area contributed by atoms with Gasteiger partial charge in [0.15, 0.2) is 0 Å². The fourth-order valence-electron chi connectivity index (χ4n) is 2.94. The van der Waals surface area contributed by atoms with Gasteiger partial charge in [-0.15, -0.1) is 0 Å². The van der Waals surface area contributed by atoms with E-state index in [-0.39, 0.29) is 0 Å². The molecule has 2 aliphatic carbocycles. The van der Waals surface area contributed by atoms with Crippen molar-refractivity contribution in [1.29, 1.82) is 0 Å². The monoisotopic (exact) mass is 259 g/mol. The summed E-state index contributed by atoms with van der Waals surface area (Å²) >= 11 is 0. The molecule has 1 aromatic rings. The van der Waals surface area contributed by atoms with Crippen molar-refractivity contribution >= 4 is 0 Å². The molecule has 0 aliphatic heterocycles. The quantitative estimate of drug-likeness (QED) is 0.804. The van der Waals surface area contributed by atoms with Crippen LogP contribution in [0.2, 0.25) is 0 Å². The van der Waals surface area contributed by atoms with Crippen LogP contribution in [-0.2, 0) is 0 Å². The summed E-state index contributed by atoms with van der Waals surface area (Å²) in [5.41, 5.74) is 1.42. The number of benzene rings is 1. The fraction of sp³-hybridized carbons (Fsp3) is 0.647. The van der Waals surface area contributed by atoms with Gasteiger partial charge in [-0.05, 0) is 67.7 Å². The largest absolute Gasteiger partial charge is 0.497 e. The molecule has 0 radical (unpaired) electrons. The van der Waals surface area contributed by atoms with E-state index in [0.717, 1.165) is 30.0 Å². The SMILES string of the molecule is COc1ccc(C(NCC(C)C2CC2)C2CC2)cc1. The van der Waals surface area contributed by atoms with Gasteiger partial charge < -0.3 is 10.1 Å². The van der Waals surface area contributed by atoms with Crippen molar-refractivity contribution in [1.82, 2.24) is 5.32 Å². The molecule has 0 heterocycles. The normalized spacial score (nSPS) is 22.0. The standard InChI is InChI=1S/C17H25NO/c1-12(13-3-4-13)11-18-17(14-5-6-14)15-7-9-16(19-2)10-8-15/h7-10,12-14,17-18H,3-6,11H2,1-2H3. The third-order valence-corrected chi connectivity index (χ3v) is 4.65. The zero-order valence-electron chi connectivity index (χ0n) is 12.1. The second kappa shape index (κ2) is 5.54. The molecule has 0 spiro atoms. The van der Waals surface area contributed by atoms with E-state index in [9.17, 15) is 0 Å². The Bertz CT molecular complexity index is 406. The van der Waals surface area contributed by atoms with Gasteiger partial charge in [0.25, 0.3) is 0 Å². The highest BCUT2D eigenvalue weighted by Crippen LogP contribution is 2.42. The average molecular weight is 259 g/mol. The number of ether oxygens (including phenoxy) is 1. The summed E-state index contributed by atoms with van der Waals surface area (Å²) in [6.07, 6.45) is 5.64. The first-order valence-electron chi connectivity index (χ1n) is 7.65. The van der Waals surface area contributed by atoms with Crippen molar-refractivity contribution in [3.8, 4) is 5.75 Å². The summed E-state index contributed by atoms with van der Waals surface area (Å²) in [6.45, 7) is 3.56. The van der Waals surface area contributed by atoms with Crippen molar-refractivity contribution in [2.75, 3.05) is 13.7 Å². The lowest BCUT2D eigenvalue weighted by Gasteiger charge is -2.21. The topological polar surface area (TPSA) is 21.3 Å². The van der Waals surface area contributed by atoms with Gasteiger partial charge in [-0.1, -0.05) is 19.1 Å². The van der Waals surface area contributed by atoms with Crippen LogP contribution in [0, 0.1) is 17.8 Å². The van der Waals surface area contributed by atoms with Gasteiger partial charge in [0.2, 0.25) is 0 Å². The van der Waals surface area contributed by atoms with Crippen LogP contribution >= 0.6 is 0 Å². The molecule has 1 N–H and O–H groups in total. The first-order valence-corrected chi connectivity index (χ1v) is 7.65. The van der Waals surface area contributed by atoms with Gasteiger partial charge in [-0.3, -0.25) is 0 Å². The summed E-state index contributed by atoms with van der Waals surface area (Å²) < 4.78 is 5.24. The molecule has 1 aromatic carbocycles. The molecule has 2 fully saturated rings. The Hall–Kier alpha value is -1.02. The highest BCUT2D eigenvalue weighted by atomic mass is 16.5. The molecule has 0 aromatic heterocycles. The molecule has 19 heavy (non-hydrogen) atoms. The van der Waals surface area contributed by atoms with Crippen molar-refractivity contribution in [2.45, 2.75) is 38.6 Å². The molecule has 2 unspecified atom stereocenters. The van der Waals surface area contributed by atoms with Crippen LogP contribution in [0.4, 0.5) is 0 Å². The van der Waals surface area contributed by atoms with Gasteiger partial charge in [0, 0.05) is 6.04 Å². The molecule has 3 rings (SSSR count). The van der Waals surface area contributed by atoms with E-state index in [0.29, 0.717) is 6.04 Å². The van der Waals surface area contributed by atoms with E-state index in [2.05, 4.69) is 36.5 Å². The minimum absolute atomic E-state index is 0.548. The van der Waals surface area contributed by atoms with E-state index >= 15 is 0 Å². The lowest BCUT2D eigenvalue weighted by Crippen LogP contribution is -2.28. The maximum atomic E-state index is 5.24. The van der Waals surface area contributed by atoms with Crippen LogP contribution in [0.15, 0.2) is 24.3 Å². The van der Waals surface area contributed by atoms with E-state index < -0.39 is 0 Å². The van der Waals surface area contributed by atoms with Crippen molar-refractivity contribution < 1.29 is 4.74 Å². The van der Waals surface area contributed by atoms with Crippen molar-refractivity contribution in [3.05, 3.63) is 29.8 Å². The van der Waals surface area contributed by atoms with Crippen molar-refractivity contribution in [2.24, 2.45) is 17.8 Å². The van der Waals surface area contributed by atoms with Crippen molar-refractivity contribution in [3.63, 3.8) is 0 Å². The molecule has 2 nitrogen and oxygen atoms in total. The second-order valence-corrected chi connectivity index (χ2v) is 6.31. The molecule has 2 heteroatoms. The Balaban J connectivity index is 1.62. The van der Waals surface area contributed by atoms with Crippen LogP contribution < -0.4 is 10.1 Å². The van der Waals surface area contributed by atoms with Crippen LogP contribution in [0.3, 0.4) is 0 Å². The second-order valence-electron chi connectivity index (χ2n) is 6.31.